The molecule has 2 rings (SSSR count). The monoisotopic (exact) mass is 217 g/mol. The Balaban J connectivity index is 2.43. The molecule has 84 valence electrons. The van der Waals surface area contributed by atoms with Crippen LogP contribution in [0.1, 0.15) is 25.8 Å². The summed E-state index contributed by atoms with van der Waals surface area (Å²) in [5, 5.41) is 2.86. The van der Waals surface area contributed by atoms with Crippen LogP contribution in [0.5, 0.6) is 5.75 Å². The Morgan fingerprint density at radius 1 is 1.50 bits per heavy atom. The van der Waals surface area contributed by atoms with E-state index in [4.69, 9.17) is 4.74 Å². The molecule has 0 bridgehead atoms. The Morgan fingerprint density at radius 3 is 3.00 bits per heavy atom. The number of para-hydroxylation sites is 1. The van der Waals surface area contributed by atoms with Crippen molar-refractivity contribution in [2.45, 2.75) is 26.4 Å². The molecule has 1 aliphatic heterocycles. The highest BCUT2D eigenvalue weighted by molar-refractivity contribution is 5.98. The minimum Gasteiger partial charge on any atom is -0.478 e. The largest absolute Gasteiger partial charge is 0.478 e. The second kappa shape index (κ2) is 4.39. The van der Waals surface area contributed by atoms with Gasteiger partial charge in [-0.25, -0.2) is 0 Å². The van der Waals surface area contributed by atoms with E-state index in [1.807, 2.05) is 44.2 Å². The van der Waals surface area contributed by atoms with Crippen LogP contribution in [0.3, 0.4) is 0 Å². The van der Waals surface area contributed by atoms with Crippen molar-refractivity contribution < 1.29 is 9.53 Å². The predicted octanol–water partition coefficient (Wildman–Crippen LogP) is 2.83. The quantitative estimate of drug-likeness (QED) is 0.827. The van der Waals surface area contributed by atoms with Gasteiger partial charge in [0.15, 0.2) is 11.9 Å². The highest BCUT2D eigenvalue weighted by Crippen LogP contribution is 2.34. The number of hydrogen-bond donors (Lipinski definition) is 1. The molecule has 1 aromatic rings. The van der Waals surface area contributed by atoms with Crippen LogP contribution in [-0.4, -0.2) is 12.0 Å². The lowest BCUT2D eigenvalue weighted by molar-refractivity contribution is -0.123. The number of carbonyl (C=O) groups excluding carboxylic acids is 1. The Bertz CT molecular complexity index is 438. The molecular weight excluding hydrogens is 202 g/mol. The Hall–Kier alpha value is -1.77. The lowest BCUT2D eigenvalue weighted by Gasteiger charge is -2.26. The minimum atomic E-state index is -0.376. The van der Waals surface area contributed by atoms with Crippen LogP contribution in [0.15, 0.2) is 24.3 Å². The van der Waals surface area contributed by atoms with E-state index in [1.54, 1.807) is 0 Å². The fraction of sp³-hybridized carbons (Fsp3) is 0.308. The summed E-state index contributed by atoms with van der Waals surface area (Å²) in [5.41, 5.74) is 1.75. The zero-order valence-corrected chi connectivity index (χ0v) is 9.49. The van der Waals surface area contributed by atoms with Crippen molar-refractivity contribution in [3.63, 3.8) is 0 Å². The summed E-state index contributed by atoms with van der Waals surface area (Å²) in [5.74, 6) is 0.708. The Kier molecular flexibility index (Phi) is 2.95. The molecule has 1 unspecified atom stereocenters. The molecule has 1 N–H and O–H groups in total. The van der Waals surface area contributed by atoms with Gasteiger partial charge in [-0.1, -0.05) is 31.2 Å². The molecule has 0 aliphatic carbocycles. The summed E-state index contributed by atoms with van der Waals surface area (Å²) >= 11 is 0. The van der Waals surface area contributed by atoms with E-state index in [-0.39, 0.29) is 12.0 Å². The molecule has 1 aliphatic rings. The van der Waals surface area contributed by atoms with E-state index in [2.05, 4.69) is 5.32 Å². The first-order valence-corrected chi connectivity index (χ1v) is 5.49. The number of nitrogens with one attached hydrogen (secondary N) is 1. The van der Waals surface area contributed by atoms with Crippen LogP contribution in [0.2, 0.25) is 0 Å². The summed E-state index contributed by atoms with van der Waals surface area (Å²) in [6.45, 7) is 3.89. The van der Waals surface area contributed by atoms with Gasteiger partial charge in [-0.15, -0.1) is 0 Å². The maximum atomic E-state index is 11.6. The average molecular weight is 217 g/mol. The molecule has 1 atom stereocenters. The molecule has 1 amide bonds. The van der Waals surface area contributed by atoms with Crippen molar-refractivity contribution in [1.82, 2.24) is 0 Å². The van der Waals surface area contributed by atoms with Gasteiger partial charge in [-0.2, -0.15) is 0 Å². The third-order valence-corrected chi connectivity index (χ3v) is 2.57. The van der Waals surface area contributed by atoms with Crippen LogP contribution in [-0.2, 0) is 4.79 Å². The highest BCUT2D eigenvalue weighted by atomic mass is 16.5. The van der Waals surface area contributed by atoms with E-state index in [0.717, 1.165) is 17.0 Å². The van der Waals surface area contributed by atoms with E-state index in [1.165, 1.54) is 0 Å². The molecule has 0 aromatic heterocycles. The molecule has 0 saturated heterocycles. The molecule has 3 heteroatoms. The van der Waals surface area contributed by atoms with Gasteiger partial charge >= 0.3 is 0 Å². The van der Waals surface area contributed by atoms with Crippen LogP contribution >= 0.6 is 0 Å². The van der Waals surface area contributed by atoms with E-state index >= 15 is 0 Å². The summed E-state index contributed by atoms with van der Waals surface area (Å²) in [6.07, 6.45) is 4.23. The molecule has 1 heterocycles. The second-order valence-corrected chi connectivity index (χ2v) is 3.73. The number of anilines is 1. The maximum Gasteiger partial charge on any atom is 0.265 e. The topological polar surface area (TPSA) is 38.3 Å². The van der Waals surface area contributed by atoms with Gasteiger partial charge in [-0.05, 0) is 19.4 Å². The molecule has 0 fully saturated rings. The fourth-order valence-corrected chi connectivity index (χ4v) is 1.77. The second-order valence-electron chi connectivity index (χ2n) is 3.73. The van der Waals surface area contributed by atoms with Gasteiger partial charge < -0.3 is 10.1 Å². The van der Waals surface area contributed by atoms with Gasteiger partial charge in [0.25, 0.3) is 5.91 Å². The Labute approximate surface area is 95.1 Å². The van der Waals surface area contributed by atoms with Gasteiger partial charge in [-0.3, -0.25) is 4.79 Å². The Morgan fingerprint density at radius 2 is 2.31 bits per heavy atom. The summed E-state index contributed by atoms with van der Waals surface area (Å²) in [6, 6.07) is 5.74. The van der Waals surface area contributed by atoms with Crippen LogP contribution < -0.4 is 10.1 Å². The molecule has 3 nitrogen and oxygen atoms in total. The normalized spacial score (nSPS) is 19.1. The number of ether oxygens (including phenoxy) is 1. The number of amides is 1. The molecule has 0 radical (unpaired) electrons. The standard InChI is InChI=1S/C13H15NO2/c1-3-6-9-7-5-8-10-12(9)16-11(4-2)13(15)14-10/h3,5-8,11H,4H2,1-2H3,(H,14,15). The summed E-state index contributed by atoms with van der Waals surface area (Å²) < 4.78 is 5.71. The predicted molar refractivity (Wildman–Crippen MR) is 64.5 cm³/mol. The van der Waals surface area contributed by atoms with Gasteiger partial charge in [0.1, 0.15) is 0 Å². The third kappa shape index (κ3) is 1.81. The number of benzene rings is 1. The molecule has 0 saturated carbocycles. The summed E-state index contributed by atoms with van der Waals surface area (Å²) in [7, 11) is 0. The molecule has 1 aromatic carbocycles. The first-order valence-electron chi connectivity index (χ1n) is 5.49. The van der Waals surface area contributed by atoms with Crippen LogP contribution in [0.4, 0.5) is 5.69 Å². The smallest absolute Gasteiger partial charge is 0.265 e. The average Bonchev–Trinajstić information content (AvgIpc) is 2.29. The molecule has 16 heavy (non-hydrogen) atoms. The van der Waals surface area contributed by atoms with Gasteiger partial charge in [0.2, 0.25) is 0 Å². The molecular formula is C13H15NO2. The van der Waals surface area contributed by atoms with Crippen molar-refractivity contribution >= 4 is 17.7 Å². The number of rotatable bonds is 2. The maximum absolute atomic E-state index is 11.6. The van der Waals surface area contributed by atoms with Crippen molar-refractivity contribution in [3.8, 4) is 5.75 Å². The minimum absolute atomic E-state index is 0.0624. The third-order valence-electron chi connectivity index (χ3n) is 2.57. The number of allylic oxidation sites excluding steroid dienone is 1. The van der Waals surface area contributed by atoms with Crippen LogP contribution in [0, 0.1) is 0 Å². The van der Waals surface area contributed by atoms with E-state index in [9.17, 15) is 4.79 Å². The SMILES string of the molecule is CC=Cc1cccc2c1OC(CC)C(=O)N2. The van der Waals surface area contributed by atoms with E-state index in [0.29, 0.717) is 6.42 Å². The zero-order chi connectivity index (χ0) is 11.5. The highest BCUT2D eigenvalue weighted by Gasteiger charge is 2.26. The van der Waals surface area contributed by atoms with Gasteiger partial charge in [0, 0.05) is 5.56 Å². The van der Waals surface area contributed by atoms with Gasteiger partial charge in [0.05, 0.1) is 5.69 Å². The number of fused-ring (bicyclic) bond motifs is 1. The number of carbonyl (C=O) groups is 1. The lowest BCUT2D eigenvalue weighted by Crippen LogP contribution is -2.36. The van der Waals surface area contributed by atoms with E-state index < -0.39 is 0 Å². The van der Waals surface area contributed by atoms with Crippen molar-refractivity contribution in [2.75, 3.05) is 5.32 Å². The zero-order valence-electron chi connectivity index (χ0n) is 9.49. The van der Waals surface area contributed by atoms with Crippen molar-refractivity contribution in [2.24, 2.45) is 0 Å². The lowest BCUT2D eigenvalue weighted by atomic mass is 10.1. The first-order chi connectivity index (χ1) is 7.76. The number of hydrogen-bond acceptors (Lipinski definition) is 2. The fourth-order valence-electron chi connectivity index (χ4n) is 1.77. The van der Waals surface area contributed by atoms with Crippen molar-refractivity contribution in [3.05, 3.63) is 29.8 Å². The first kappa shape index (κ1) is 10.7. The summed E-state index contributed by atoms with van der Waals surface area (Å²) in [4.78, 5) is 11.6. The van der Waals surface area contributed by atoms with Crippen LogP contribution in [0.25, 0.3) is 6.08 Å². The van der Waals surface area contributed by atoms with Crippen molar-refractivity contribution in [1.29, 1.82) is 0 Å². The molecule has 0 spiro atoms.